The molecule has 0 unspecified atom stereocenters. The maximum Gasteiger partial charge on any atom is 0.338 e. The SMILES string of the molecule is CC(C)(C)OC(=O)CCOCC(COCCC(=O)OC(C)(C)C)(COCCC(=O)OC(C)(C)C)COC(=O)c1ccc(N)cc1. The number of hydrogen-bond donors (Lipinski definition) is 1. The quantitative estimate of drug-likeness (QED) is 0.103. The van der Waals surface area contributed by atoms with Crippen LogP contribution in [0.4, 0.5) is 5.69 Å². The normalized spacial score (nSPS) is 12.4. The van der Waals surface area contributed by atoms with Crippen molar-refractivity contribution in [2.45, 2.75) is 98.4 Å². The molecule has 12 nitrogen and oxygen atoms in total. The lowest BCUT2D eigenvalue weighted by molar-refractivity contribution is -0.157. The predicted molar refractivity (Wildman–Crippen MR) is 167 cm³/mol. The molecule has 0 radical (unpaired) electrons. The first kappa shape index (κ1) is 39.8. The minimum atomic E-state index is -1.07. The van der Waals surface area contributed by atoms with Crippen molar-refractivity contribution < 1.29 is 52.3 Å². The van der Waals surface area contributed by atoms with Gasteiger partial charge in [-0.1, -0.05) is 0 Å². The van der Waals surface area contributed by atoms with E-state index in [4.69, 9.17) is 38.9 Å². The van der Waals surface area contributed by atoms with Crippen LogP contribution in [0.15, 0.2) is 24.3 Å². The first-order valence-corrected chi connectivity index (χ1v) is 15.1. The van der Waals surface area contributed by atoms with Crippen LogP contribution in [0.3, 0.4) is 0 Å². The van der Waals surface area contributed by atoms with Crippen LogP contribution in [0.1, 0.15) is 91.9 Å². The fraction of sp³-hybridized carbons (Fsp3) is 0.697. The lowest BCUT2D eigenvalue weighted by Gasteiger charge is -2.32. The maximum absolute atomic E-state index is 12.9. The Balaban J connectivity index is 3.05. The van der Waals surface area contributed by atoms with E-state index in [2.05, 4.69) is 0 Å². The van der Waals surface area contributed by atoms with Crippen LogP contribution in [-0.2, 0) is 47.5 Å². The second-order valence-corrected chi connectivity index (χ2v) is 13.9. The molecule has 0 spiro atoms. The van der Waals surface area contributed by atoms with Gasteiger partial charge in [-0.2, -0.15) is 0 Å². The summed E-state index contributed by atoms with van der Waals surface area (Å²) in [5, 5.41) is 0. The van der Waals surface area contributed by atoms with Crippen molar-refractivity contribution in [3.8, 4) is 0 Å². The Bertz CT molecular complexity index is 992. The van der Waals surface area contributed by atoms with Gasteiger partial charge in [-0.15, -0.1) is 0 Å². The predicted octanol–water partition coefficient (Wildman–Crippen LogP) is 4.66. The summed E-state index contributed by atoms with van der Waals surface area (Å²) in [6.45, 7) is 15.7. The highest BCUT2D eigenvalue weighted by Gasteiger charge is 2.35. The molecule has 0 fully saturated rings. The van der Waals surface area contributed by atoms with E-state index in [9.17, 15) is 19.2 Å². The van der Waals surface area contributed by atoms with Crippen LogP contribution < -0.4 is 5.73 Å². The molecule has 0 aliphatic heterocycles. The smallest absolute Gasteiger partial charge is 0.338 e. The molecule has 256 valence electrons. The molecule has 0 atom stereocenters. The molecule has 0 heterocycles. The molecule has 1 aromatic carbocycles. The molecular weight excluding hydrogens is 586 g/mol. The van der Waals surface area contributed by atoms with Crippen molar-refractivity contribution in [2.75, 3.05) is 52.0 Å². The van der Waals surface area contributed by atoms with Crippen LogP contribution in [0.2, 0.25) is 0 Å². The van der Waals surface area contributed by atoms with Crippen LogP contribution in [0.5, 0.6) is 0 Å². The third-order valence-corrected chi connectivity index (χ3v) is 5.49. The zero-order valence-corrected chi connectivity index (χ0v) is 28.4. The summed E-state index contributed by atoms with van der Waals surface area (Å²) in [6.07, 6.45) is -0.00721. The van der Waals surface area contributed by atoms with Crippen LogP contribution >= 0.6 is 0 Å². The van der Waals surface area contributed by atoms with Gasteiger partial charge < -0.3 is 38.9 Å². The van der Waals surface area contributed by atoms with Crippen LogP contribution in [0.25, 0.3) is 0 Å². The molecule has 0 aliphatic carbocycles. The van der Waals surface area contributed by atoms with E-state index in [-0.39, 0.29) is 65.5 Å². The third-order valence-electron chi connectivity index (χ3n) is 5.49. The lowest BCUT2D eigenvalue weighted by atomic mass is 9.92. The monoisotopic (exact) mass is 639 g/mol. The van der Waals surface area contributed by atoms with Crippen molar-refractivity contribution in [1.82, 2.24) is 0 Å². The summed E-state index contributed by atoms with van der Waals surface area (Å²) < 4.78 is 39.3. The van der Waals surface area contributed by atoms with E-state index >= 15 is 0 Å². The van der Waals surface area contributed by atoms with Crippen molar-refractivity contribution >= 4 is 29.6 Å². The molecule has 1 aromatic rings. The fourth-order valence-electron chi connectivity index (χ4n) is 3.68. The van der Waals surface area contributed by atoms with E-state index in [1.807, 2.05) is 0 Å². The van der Waals surface area contributed by atoms with Crippen molar-refractivity contribution in [1.29, 1.82) is 0 Å². The zero-order valence-electron chi connectivity index (χ0n) is 28.4. The first-order chi connectivity index (χ1) is 20.7. The van der Waals surface area contributed by atoms with E-state index in [1.54, 1.807) is 86.6 Å². The van der Waals surface area contributed by atoms with Gasteiger partial charge >= 0.3 is 23.9 Å². The van der Waals surface area contributed by atoms with E-state index in [0.717, 1.165) is 0 Å². The number of anilines is 1. The van der Waals surface area contributed by atoms with Gasteiger partial charge in [0.15, 0.2) is 0 Å². The fourth-order valence-corrected chi connectivity index (χ4v) is 3.68. The number of benzene rings is 1. The number of ether oxygens (including phenoxy) is 7. The molecule has 0 amide bonds. The second kappa shape index (κ2) is 18.1. The first-order valence-electron chi connectivity index (χ1n) is 15.1. The Morgan fingerprint density at radius 3 is 1.20 bits per heavy atom. The van der Waals surface area contributed by atoms with Crippen LogP contribution in [-0.4, -0.2) is 86.9 Å². The highest BCUT2D eigenvalue weighted by atomic mass is 16.6. The van der Waals surface area contributed by atoms with Gasteiger partial charge in [0.1, 0.15) is 23.4 Å². The molecule has 0 bridgehead atoms. The number of hydrogen-bond acceptors (Lipinski definition) is 12. The molecular formula is C33H53NO11. The van der Waals surface area contributed by atoms with Gasteiger partial charge in [0.25, 0.3) is 0 Å². The number of esters is 4. The Morgan fingerprint density at radius 1 is 0.556 bits per heavy atom. The standard InChI is InChI=1S/C33H53NO11/c1-30(2,3)43-26(35)14-17-39-20-33(21-40-18-15-27(36)44-31(4,5)6,22-41-19-16-28(37)45-32(7,8)9)23-42-29(38)24-10-12-25(34)13-11-24/h10-13H,14-23,34H2,1-9H3. The van der Waals surface area contributed by atoms with Gasteiger partial charge in [-0.3, -0.25) is 14.4 Å². The van der Waals surface area contributed by atoms with Gasteiger partial charge in [0, 0.05) is 5.69 Å². The number of carbonyl (C=O) groups is 4. The summed E-state index contributed by atoms with van der Waals surface area (Å²) in [5.74, 6) is -1.88. The summed E-state index contributed by atoms with van der Waals surface area (Å²) in [4.78, 5) is 49.5. The molecule has 2 N–H and O–H groups in total. The van der Waals surface area contributed by atoms with Gasteiger partial charge in [0.05, 0.1) is 69.9 Å². The molecule has 0 saturated heterocycles. The van der Waals surface area contributed by atoms with Gasteiger partial charge in [0.2, 0.25) is 0 Å². The van der Waals surface area contributed by atoms with Crippen LogP contribution in [0, 0.1) is 5.41 Å². The average Bonchev–Trinajstić information content (AvgIpc) is 2.87. The van der Waals surface area contributed by atoms with Crippen molar-refractivity contribution in [3.63, 3.8) is 0 Å². The topological polar surface area (TPSA) is 159 Å². The Labute approximate surface area is 267 Å². The summed E-state index contributed by atoms with van der Waals surface area (Å²) in [5.41, 5.74) is 3.54. The molecule has 0 saturated carbocycles. The largest absolute Gasteiger partial charge is 0.461 e. The van der Waals surface area contributed by atoms with E-state index in [0.29, 0.717) is 11.3 Å². The van der Waals surface area contributed by atoms with Crippen molar-refractivity contribution in [3.05, 3.63) is 29.8 Å². The molecule has 0 aromatic heterocycles. The Hall–Kier alpha value is -3.22. The molecule has 45 heavy (non-hydrogen) atoms. The minimum absolute atomic E-state index is 0.00240. The zero-order chi connectivity index (χ0) is 34.3. The Kier molecular flexibility index (Phi) is 16.0. The summed E-state index contributed by atoms with van der Waals surface area (Å²) >= 11 is 0. The maximum atomic E-state index is 12.9. The Morgan fingerprint density at radius 2 is 0.889 bits per heavy atom. The van der Waals surface area contributed by atoms with Gasteiger partial charge in [-0.25, -0.2) is 4.79 Å². The minimum Gasteiger partial charge on any atom is -0.461 e. The summed E-state index contributed by atoms with van der Waals surface area (Å²) in [6, 6.07) is 6.27. The molecule has 1 rings (SSSR count). The highest BCUT2D eigenvalue weighted by Crippen LogP contribution is 2.23. The van der Waals surface area contributed by atoms with E-state index in [1.165, 1.54) is 0 Å². The lowest BCUT2D eigenvalue weighted by Crippen LogP contribution is -2.43. The molecule has 0 aliphatic rings. The second-order valence-electron chi connectivity index (χ2n) is 13.9. The number of carbonyl (C=O) groups excluding carboxylic acids is 4. The van der Waals surface area contributed by atoms with Crippen molar-refractivity contribution in [2.24, 2.45) is 5.41 Å². The average molecular weight is 640 g/mol. The number of rotatable bonds is 18. The van der Waals surface area contributed by atoms with E-state index < -0.39 is 46.1 Å². The number of nitrogen functional groups attached to an aromatic ring is 1. The third kappa shape index (κ3) is 19.7. The summed E-state index contributed by atoms with van der Waals surface area (Å²) in [7, 11) is 0. The highest BCUT2D eigenvalue weighted by molar-refractivity contribution is 5.89. The number of nitrogens with two attached hydrogens (primary N) is 1. The molecule has 12 heteroatoms. The van der Waals surface area contributed by atoms with Gasteiger partial charge in [-0.05, 0) is 86.6 Å².